The van der Waals surface area contributed by atoms with Gasteiger partial charge in [0.2, 0.25) is 5.91 Å². The summed E-state index contributed by atoms with van der Waals surface area (Å²) in [5.41, 5.74) is 4.52. The van der Waals surface area contributed by atoms with Gasteiger partial charge in [-0.15, -0.1) is 0 Å². The number of hydrogen-bond donors (Lipinski definition) is 2. The molecule has 0 aliphatic heterocycles. The predicted octanol–water partition coefficient (Wildman–Crippen LogP) is 3.44. The van der Waals surface area contributed by atoms with Crippen LogP contribution in [0.25, 0.3) is 0 Å². The van der Waals surface area contributed by atoms with Gasteiger partial charge < -0.3 is 10.6 Å². The molecule has 2 aromatic carbocycles. The van der Waals surface area contributed by atoms with Crippen molar-refractivity contribution in [2.75, 3.05) is 10.6 Å². The average Bonchev–Trinajstić information content (AvgIpc) is 2.48. The molecule has 0 spiro atoms. The second kappa shape index (κ2) is 6.58. The first-order valence-corrected chi connectivity index (χ1v) is 6.69. The van der Waals surface area contributed by atoms with Crippen molar-refractivity contribution in [1.82, 2.24) is 0 Å². The van der Waals surface area contributed by atoms with Crippen LogP contribution in [0.5, 0.6) is 0 Å². The fourth-order valence-corrected chi connectivity index (χ4v) is 1.96. The summed E-state index contributed by atoms with van der Waals surface area (Å²) in [5, 5.41) is 14.9. The molecule has 2 N–H and O–H groups in total. The third kappa shape index (κ3) is 4.08. The van der Waals surface area contributed by atoms with E-state index in [-0.39, 0.29) is 5.91 Å². The molecule has 0 heterocycles. The Labute approximate surface area is 124 Å². The zero-order valence-electron chi connectivity index (χ0n) is 12.1. The van der Waals surface area contributed by atoms with Crippen molar-refractivity contribution >= 4 is 17.3 Å². The number of nitrogens with one attached hydrogen (secondary N) is 2. The van der Waals surface area contributed by atoms with Crippen molar-refractivity contribution in [2.45, 2.75) is 20.4 Å². The Morgan fingerprint density at radius 1 is 1.19 bits per heavy atom. The minimum absolute atomic E-state index is 0.0812. The minimum Gasteiger partial charge on any atom is -0.381 e. The maximum absolute atomic E-state index is 11.2. The van der Waals surface area contributed by atoms with Gasteiger partial charge in [-0.3, -0.25) is 4.79 Å². The van der Waals surface area contributed by atoms with Gasteiger partial charge in [-0.2, -0.15) is 5.26 Å². The van der Waals surface area contributed by atoms with E-state index in [1.807, 2.05) is 37.3 Å². The Morgan fingerprint density at radius 2 is 1.90 bits per heavy atom. The van der Waals surface area contributed by atoms with Crippen LogP contribution in [0, 0.1) is 18.3 Å². The van der Waals surface area contributed by atoms with Crippen molar-refractivity contribution in [1.29, 1.82) is 5.26 Å². The quantitative estimate of drug-likeness (QED) is 0.901. The highest BCUT2D eigenvalue weighted by atomic mass is 16.1. The fraction of sp³-hybridized carbons (Fsp3) is 0.176. The van der Waals surface area contributed by atoms with Crippen molar-refractivity contribution in [3.8, 4) is 6.07 Å². The lowest BCUT2D eigenvalue weighted by Gasteiger charge is -2.11. The second-order valence-corrected chi connectivity index (χ2v) is 4.87. The highest BCUT2D eigenvalue weighted by Gasteiger charge is 2.02. The molecular weight excluding hydrogens is 262 g/mol. The van der Waals surface area contributed by atoms with E-state index in [1.165, 1.54) is 6.92 Å². The standard InChI is InChI=1S/C17H17N3O/c1-12-3-8-16(9-17(12)20-13(2)21)19-11-15-6-4-14(10-18)5-7-15/h3-9,19H,11H2,1-2H3,(H,20,21). The van der Waals surface area contributed by atoms with Crippen LogP contribution in [0.2, 0.25) is 0 Å². The van der Waals surface area contributed by atoms with Gasteiger partial charge in [0.1, 0.15) is 0 Å². The molecular formula is C17H17N3O. The number of nitrogens with zero attached hydrogens (tertiary/aromatic N) is 1. The number of rotatable bonds is 4. The molecule has 4 nitrogen and oxygen atoms in total. The van der Waals surface area contributed by atoms with Crippen molar-refractivity contribution in [3.63, 3.8) is 0 Å². The molecule has 2 rings (SSSR count). The first-order chi connectivity index (χ1) is 10.1. The van der Waals surface area contributed by atoms with Gasteiger partial charge in [0.15, 0.2) is 0 Å². The fourth-order valence-electron chi connectivity index (χ4n) is 1.96. The first-order valence-electron chi connectivity index (χ1n) is 6.69. The molecule has 2 aromatic rings. The van der Waals surface area contributed by atoms with E-state index < -0.39 is 0 Å². The summed E-state index contributed by atoms with van der Waals surface area (Å²) >= 11 is 0. The van der Waals surface area contributed by atoms with E-state index in [0.29, 0.717) is 12.1 Å². The third-order valence-electron chi connectivity index (χ3n) is 3.13. The minimum atomic E-state index is -0.0812. The zero-order chi connectivity index (χ0) is 15.2. The molecule has 0 saturated heterocycles. The Bertz CT molecular complexity index is 684. The largest absolute Gasteiger partial charge is 0.381 e. The van der Waals surface area contributed by atoms with E-state index in [2.05, 4.69) is 16.7 Å². The van der Waals surface area contributed by atoms with Crippen LogP contribution in [0.4, 0.5) is 11.4 Å². The normalized spacial score (nSPS) is 9.76. The van der Waals surface area contributed by atoms with Gasteiger partial charge >= 0.3 is 0 Å². The van der Waals surface area contributed by atoms with E-state index >= 15 is 0 Å². The Hall–Kier alpha value is -2.80. The van der Waals surface area contributed by atoms with Gasteiger partial charge in [0.25, 0.3) is 0 Å². The highest BCUT2D eigenvalue weighted by Crippen LogP contribution is 2.20. The Morgan fingerprint density at radius 3 is 2.52 bits per heavy atom. The van der Waals surface area contributed by atoms with Crippen molar-refractivity contribution in [2.24, 2.45) is 0 Å². The lowest BCUT2D eigenvalue weighted by atomic mass is 10.1. The topological polar surface area (TPSA) is 64.9 Å². The Kier molecular flexibility index (Phi) is 4.57. The van der Waals surface area contributed by atoms with Crippen LogP contribution in [-0.4, -0.2) is 5.91 Å². The van der Waals surface area contributed by atoms with Gasteiger partial charge in [-0.25, -0.2) is 0 Å². The van der Waals surface area contributed by atoms with Crippen molar-refractivity contribution in [3.05, 3.63) is 59.2 Å². The van der Waals surface area contributed by atoms with Crippen LogP contribution < -0.4 is 10.6 Å². The van der Waals surface area contributed by atoms with E-state index in [4.69, 9.17) is 5.26 Å². The molecule has 0 unspecified atom stereocenters. The molecule has 21 heavy (non-hydrogen) atoms. The molecule has 0 atom stereocenters. The molecule has 0 bridgehead atoms. The molecule has 1 amide bonds. The van der Waals surface area contributed by atoms with Gasteiger partial charge in [-0.1, -0.05) is 18.2 Å². The molecule has 0 aliphatic rings. The van der Waals surface area contributed by atoms with Gasteiger partial charge in [0.05, 0.1) is 11.6 Å². The number of amides is 1. The number of benzene rings is 2. The number of aryl methyl sites for hydroxylation is 1. The lowest BCUT2D eigenvalue weighted by Crippen LogP contribution is -2.08. The van der Waals surface area contributed by atoms with E-state index in [1.54, 1.807) is 12.1 Å². The average molecular weight is 279 g/mol. The van der Waals surface area contributed by atoms with Crippen LogP contribution in [0.15, 0.2) is 42.5 Å². The number of anilines is 2. The number of carbonyl (C=O) groups is 1. The van der Waals surface area contributed by atoms with Crippen LogP contribution in [0.3, 0.4) is 0 Å². The van der Waals surface area contributed by atoms with E-state index in [0.717, 1.165) is 22.5 Å². The number of nitriles is 1. The summed E-state index contributed by atoms with van der Waals surface area (Å²) in [7, 11) is 0. The highest BCUT2D eigenvalue weighted by molar-refractivity contribution is 5.90. The predicted molar refractivity (Wildman–Crippen MR) is 84.0 cm³/mol. The molecule has 0 aliphatic carbocycles. The molecule has 4 heteroatoms. The summed E-state index contributed by atoms with van der Waals surface area (Å²) in [6.07, 6.45) is 0. The van der Waals surface area contributed by atoms with Gasteiger partial charge in [0, 0.05) is 24.8 Å². The smallest absolute Gasteiger partial charge is 0.221 e. The summed E-state index contributed by atoms with van der Waals surface area (Å²) in [4.78, 5) is 11.2. The number of hydrogen-bond acceptors (Lipinski definition) is 3. The van der Waals surface area contributed by atoms with Gasteiger partial charge in [-0.05, 0) is 42.3 Å². The summed E-state index contributed by atoms with van der Waals surface area (Å²) in [6.45, 7) is 4.11. The molecule has 0 fully saturated rings. The molecule has 0 saturated carbocycles. The zero-order valence-corrected chi connectivity index (χ0v) is 12.1. The molecule has 0 aromatic heterocycles. The summed E-state index contributed by atoms with van der Waals surface area (Å²) in [5.74, 6) is -0.0812. The second-order valence-electron chi connectivity index (χ2n) is 4.87. The lowest BCUT2D eigenvalue weighted by molar-refractivity contribution is -0.114. The van der Waals surface area contributed by atoms with Crippen LogP contribution >= 0.6 is 0 Å². The number of carbonyl (C=O) groups excluding carboxylic acids is 1. The van der Waals surface area contributed by atoms with Crippen LogP contribution in [0.1, 0.15) is 23.6 Å². The summed E-state index contributed by atoms with van der Waals surface area (Å²) in [6, 6.07) is 15.4. The van der Waals surface area contributed by atoms with E-state index in [9.17, 15) is 4.79 Å². The van der Waals surface area contributed by atoms with Crippen molar-refractivity contribution < 1.29 is 4.79 Å². The van der Waals surface area contributed by atoms with Crippen LogP contribution in [-0.2, 0) is 11.3 Å². The third-order valence-corrected chi connectivity index (χ3v) is 3.13. The maximum Gasteiger partial charge on any atom is 0.221 e. The monoisotopic (exact) mass is 279 g/mol. The molecule has 0 radical (unpaired) electrons. The maximum atomic E-state index is 11.2. The first kappa shape index (κ1) is 14.6. The summed E-state index contributed by atoms with van der Waals surface area (Å²) < 4.78 is 0. The Balaban J connectivity index is 2.05. The SMILES string of the molecule is CC(=O)Nc1cc(NCc2ccc(C#N)cc2)ccc1C. The molecule has 106 valence electrons.